The van der Waals surface area contributed by atoms with Gasteiger partial charge in [-0.3, -0.25) is 9.78 Å². The Morgan fingerprint density at radius 2 is 1.97 bits per heavy atom. The van der Waals surface area contributed by atoms with E-state index in [1.807, 2.05) is 41.7 Å². The zero-order chi connectivity index (χ0) is 26.3. The number of nitriles is 1. The number of alkyl halides is 3. The number of halogens is 3. The third kappa shape index (κ3) is 6.96. The third-order valence-corrected chi connectivity index (χ3v) is 5.86. The molecule has 2 aromatic carbocycles. The lowest BCUT2D eigenvalue weighted by Gasteiger charge is -2.11. The second kappa shape index (κ2) is 11.4. The molecule has 0 unspecified atom stereocenters. The number of hydrogen-bond acceptors (Lipinski definition) is 7. The van der Waals surface area contributed by atoms with Gasteiger partial charge in [0, 0.05) is 23.8 Å². The van der Waals surface area contributed by atoms with Gasteiger partial charge >= 0.3 is 12.2 Å². The van der Waals surface area contributed by atoms with Crippen LogP contribution in [0.4, 0.5) is 30.2 Å². The molecule has 0 radical (unpaired) electrons. The van der Waals surface area contributed by atoms with Crippen LogP contribution in [-0.4, -0.2) is 29.7 Å². The Morgan fingerprint density at radius 3 is 2.78 bits per heavy atom. The molecule has 3 N–H and O–H groups in total. The number of fused-ring (bicyclic) bond motifs is 1. The van der Waals surface area contributed by atoms with Crippen LogP contribution < -0.4 is 16.0 Å². The van der Waals surface area contributed by atoms with Gasteiger partial charge in [0.1, 0.15) is 4.88 Å². The van der Waals surface area contributed by atoms with E-state index in [2.05, 4.69) is 25.3 Å². The summed E-state index contributed by atoms with van der Waals surface area (Å²) in [6.45, 7) is -1.13. The van der Waals surface area contributed by atoms with Crippen LogP contribution in [0.5, 0.6) is 0 Å². The highest BCUT2D eigenvalue weighted by atomic mass is 32.1. The highest BCUT2D eigenvalue weighted by molar-refractivity contribution is 7.12. The van der Waals surface area contributed by atoms with Crippen molar-refractivity contribution in [2.45, 2.75) is 12.7 Å². The third-order valence-electron chi connectivity index (χ3n) is 4.95. The minimum Gasteiger partial charge on any atom is -0.455 e. The van der Waals surface area contributed by atoms with Gasteiger partial charge in [-0.2, -0.15) is 23.4 Å². The lowest BCUT2D eigenvalue weighted by Crippen LogP contribution is -2.27. The van der Waals surface area contributed by atoms with Crippen molar-refractivity contribution in [3.63, 3.8) is 0 Å². The average Bonchev–Trinajstić information content (AvgIpc) is 3.35. The molecule has 0 spiro atoms. The minimum atomic E-state index is -4.59. The molecule has 188 valence electrons. The fraction of sp³-hybridized carbons (Fsp3) is 0.120. The van der Waals surface area contributed by atoms with E-state index in [1.54, 1.807) is 23.7 Å². The number of pyridine rings is 1. The molecular weight excluding hydrogens is 505 g/mol. The number of aromatic nitrogens is 1. The molecule has 0 fully saturated rings. The van der Waals surface area contributed by atoms with Gasteiger partial charge in [-0.15, -0.1) is 11.3 Å². The van der Waals surface area contributed by atoms with Crippen molar-refractivity contribution in [2.75, 3.05) is 17.2 Å². The Bertz CT molecular complexity index is 1470. The van der Waals surface area contributed by atoms with E-state index in [9.17, 15) is 18.0 Å². The van der Waals surface area contributed by atoms with E-state index >= 15 is 0 Å². The summed E-state index contributed by atoms with van der Waals surface area (Å²) in [5.74, 6) is -0.373. The number of ether oxygens (including phenoxy) is 1. The number of amidine groups is 1. The largest absolute Gasteiger partial charge is 0.455 e. The van der Waals surface area contributed by atoms with E-state index in [0.29, 0.717) is 22.8 Å². The number of para-hydroxylation sites is 1. The molecule has 4 aromatic rings. The van der Waals surface area contributed by atoms with Crippen molar-refractivity contribution in [1.29, 1.82) is 5.26 Å². The SMILES string of the molecule is N#CNC(=Nc1cccc(NC(=O)c2sccc2NCc2ccnc3ccccc23)c1)OCC(F)(F)F. The number of nitrogens with zero attached hydrogens (tertiary/aromatic N) is 3. The van der Waals surface area contributed by atoms with Gasteiger partial charge in [0.25, 0.3) is 5.91 Å². The zero-order valence-electron chi connectivity index (χ0n) is 19.0. The van der Waals surface area contributed by atoms with E-state index in [4.69, 9.17) is 5.26 Å². The fourth-order valence-corrected chi connectivity index (χ4v) is 4.14. The van der Waals surface area contributed by atoms with Gasteiger partial charge in [-0.1, -0.05) is 24.3 Å². The number of hydrogen-bond donors (Lipinski definition) is 3. The molecule has 1 amide bonds. The summed E-state index contributed by atoms with van der Waals surface area (Å²) in [6.07, 6.45) is -1.38. The van der Waals surface area contributed by atoms with E-state index in [-0.39, 0.29) is 11.6 Å². The van der Waals surface area contributed by atoms with Gasteiger partial charge in [0.05, 0.1) is 16.9 Å². The van der Waals surface area contributed by atoms with Gasteiger partial charge in [-0.05, 0) is 47.3 Å². The summed E-state index contributed by atoms with van der Waals surface area (Å²) in [5.41, 5.74) is 3.09. The number of nitrogens with one attached hydrogen (secondary N) is 3. The number of carbonyl (C=O) groups is 1. The number of benzene rings is 2. The molecule has 2 aromatic heterocycles. The predicted octanol–water partition coefficient (Wildman–Crippen LogP) is 5.80. The van der Waals surface area contributed by atoms with Crippen LogP contribution in [0.2, 0.25) is 0 Å². The van der Waals surface area contributed by atoms with Crippen LogP contribution in [0.25, 0.3) is 10.9 Å². The first kappa shape index (κ1) is 25.5. The molecule has 0 saturated carbocycles. The average molecular weight is 525 g/mol. The highest BCUT2D eigenvalue weighted by Crippen LogP contribution is 2.26. The summed E-state index contributed by atoms with van der Waals surface area (Å²) in [6, 6.07) is 17.0. The standard InChI is InChI=1S/C25H19F3N6O2S/c26-25(27,28)14-36-24(32-15-29)34-18-5-3-4-17(12-18)33-23(35)22-21(9-11-37-22)31-13-16-8-10-30-20-7-2-1-6-19(16)20/h1-12,31H,13-14H2,(H,32,34)(H,33,35). The number of carbonyl (C=O) groups excluding carboxylic acids is 1. The van der Waals surface area contributed by atoms with Crippen molar-refractivity contribution in [1.82, 2.24) is 10.3 Å². The molecule has 0 aliphatic rings. The molecule has 2 heterocycles. The summed E-state index contributed by atoms with van der Waals surface area (Å²) in [4.78, 5) is 21.7. The number of thiophene rings is 1. The normalized spacial score (nSPS) is 11.6. The number of anilines is 2. The van der Waals surface area contributed by atoms with Crippen LogP contribution in [-0.2, 0) is 11.3 Å². The van der Waals surface area contributed by atoms with Crippen LogP contribution in [0.15, 0.2) is 77.2 Å². The monoisotopic (exact) mass is 524 g/mol. The second-order valence-electron chi connectivity index (χ2n) is 7.57. The zero-order valence-corrected chi connectivity index (χ0v) is 19.9. The lowest BCUT2D eigenvalue weighted by atomic mass is 10.1. The van der Waals surface area contributed by atoms with Crippen molar-refractivity contribution < 1.29 is 22.7 Å². The molecular formula is C25H19F3N6O2S. The van der Waals surface area contributed by atoms with Crippen molar-refractivity contribution >= 4 is 51.2 Å². The smallest absolute Gasteiger partial charge is 0.422 e. The highest BCUT2D eigenvalue weighted by Gasteiger charge is 2.29. The number of amides is 1. The lowest BCUT2D eigenvalue weighted by molar-refractivity contribution is -0.156. The van der Waals surface area contributed by atoms with Gasteiger partial charge < -0.3 is 15.4 Å². The van der Waals surface area contributed by atoms with Crippen LogP contribution >= 0.6 is 11.3 Å². The molecule has 0 aliphatic heterocycles. The van der Waals surface area contributed by atoms with Gasteiger partial charge in [0.15, 0.2) is 12.8 Å². The van der Waals surface area contributed by atoms with Gasteiger partial charge in [-0.25, -0.2) is 5.32 Å². The molecule has 37 heavy (non-hydrogen) atoms. The molecule has 4 rings (SSSR count). The second-order valence-corrected chi connectivity index (χ2v) is 8.48. The first-order valence-corrected chi connectivity index (χ1v) is 11.7. The summed E-state index contributed by atoms with van der Waals surface area (Å²) in [7, 11) is 0. The van der Waals surface area contributed by atoms with E-state index in [0.717, 1.165) is 16.5 Å². The fourth-order valence-electron chi connectivity index (χ4n) is 3.38. The Balaban J connectivity index is 1.45. The maximum Gasteiger partial charge on any atom is 0.422 e. The minimum absolute atomic E-state index is 0.173. The first-order chi connectivity index (χ1) is 17.8. The predicted molar refractivity (Wildman–Crippen MR) is 136 cm³/mol. The quantitative estimate of drug-likeness (QED) is 0.122. The van der Waals surface area contributed by atoms with Crippen LogP contribution in [0, 0.1) is 11.5 Å². The van der Waals surface area contributed by atoms with Gasteiger partial charge in [0.2, 0.25) is 0 Å². The molecule has 0 atom stereocenters. The van der Waals surface area contributed by atoms with E-state index < -0.39 is 18.8 Å². The molecule has 8 nitrogen and oxygen atoms in total. The molecule has 0 bridgehead atoms. The molecule has 0 aliphatic carbocycles. The molecule has 12 heteroatoms. The van der Waals surface area contributed by atoms with Crippen LogP contribution in [0.3, 0.4) is 0 Å². The van der Waals surface area contributed by atoms with Crippen molar-refractivity contribution in [3.8, 4) is 6.19 Å². The Kier molecular flexibility index (Phi) is 7.85. The Labute approximate surface area is 213 Å². The summed E-state index contributed by atoms with van der Waals surface area (Å²) in [5, 5.41) is 19.6. The maximum absolute atomic E-state index is 13.0. The van der Waals surface area contributed by atoms with Crippen molar-refractivity contribution in [3.05, 3.63) is 82.7 Å². The topological polar surface area (TPSA) is 111 Å². The Morgan fingerprint density at radius 1 is 1.14 bits per heavy atom. The van der Waals surface area contributed by atoms with Crippen LogP contribution in [0.1, 0.15) is 15.2 Å². The summed E-state index contributed by atoms with van der Waals surface area (Å²) >= 11 is 1.26. The Hall–Kier alpha value is -4.63. The number of rotatable bonds is 7. The molecule has 0 saturated heterocycles. The van der Waals surface area contributed by atoms with Crippen molar-refractivity contribution in [2.24, 2.45) is 4.99 Å². The summed E-state index contributed by atoms with van der Waals surface area (Å²) < 4.78 is 41.9. The first-order valence-electron chi connectivity index (χ1n) is 10.8. The van der Waals surface area contributed by atoms with E-state index in [1.165, 1.54) is 29.7 Å². The number of aliphatic imine (C=N–C) groups is 1. The maximum atomic E-state index is 13.0.